The van der Waals surface area contributed by atoms with Gasteiger partial charge in [0.05, 0.1) is 6.61 Å². The molecule has 5 nitrogen and oxygen atoms in total. The maximum atomic E-state index is 12.1. The van der Waals surface area contributed by atoms with Crippen LogP contribution in [0, 0.1) is 0 Å². The second-order valence-corrected chi connectivity index (χ2v) is 11.1. The quantitative estimate of drug-likeness (QED) is 0.0756. The highest BCUT2D eigenvalue weighted by Crippen LogP contribution is 2.12. The number of ether oxygens (including phenoxy) is 1. The lowest BCUT2D eigenvalue weighted by molar-refractivity contribution is -0.145. The first-order valence-electron chi connectivity index (χ1n) is 16.3. The highest BCUT2D eigenvalue weighted by molar-refractivity contribution is 5.76. The van der Waals surface area contributed by atoms with Crippen molar-refractivity contribution in [2.75, 3.05) is 13.2 Å². The van der Waals surface area contributed by atoms with E-state index in [1.165, 1.54) is 109 Å². The Kier molecular flexibility index (Phi) is 28.6. The fourth-order valence-corrected chi connectivity index (χ4v) is 4.74. The molecule has 0 fully saturated rings. The summed E-state index contributed by atoms with van der Waals surface area (Å²) < 4.78 is 5.35. The average molecular weight is 525 g/mol. The number of carbonyl (C=O) groups is 2. The van der Waals surface area contributed by atoms with Crippen molar-refractivity contribution in [3.05, 3.63) is 0 Å². The number of carbonyl (C=O) groups excluding carboxylic acids is 2. The Morgan fingerprint density at radius 1 is 0.595 bits per heavy atom. The minimum atomic E-state index is -0.546. The van der Waals surface area contributed by atoms with E-state index in [1.54, 1.807) is 0 Å². The molecule has 5 heteroatoms. The Balaban J connectivity index is 3.40. The van der Waals surface area contributed by atoms with Crippen LogP contribution in [0.4, 0.5) is 0 Å². The van der Waals surface area contributed by atoms with E-state index in [4.69, 9.17) is 10.5 Å². The van der Waals surface area contributed by atoms with Gasteiger partial charge in [0.1, 0.15) is 6.04 Å². The number of unbranched alkanes of at least 4 members (excludes halogenated alkanes) is 20. The van der Waals surface area contributed by atoms with Crippen LogP contribution < -0.4 is 11.1 Å². The molecule has 0 rings (SSSR count). The second kappa shape index (κ2) is 29.5. The summed E-state index contributed by atoms with van der Waals surface area (Å²) in [6.45, 7) is 5.66. The van der Waals surface area contributed by atoms with Gasteiger partial charge in [-0.05, 0) is 32.1 Å². The van der Waals surface area contributed by atoms with E-state index in [9.17, 15) is 9.59 Å². The lowest BCUT2D eigenvalue weighted by Crippen LogP contribution is -2.32. The summed E-state index contributed by atoms with van der Waals surface area (Å²) in [6, 6.07) is -0.546. The van der Waals surface area contributed by atoms with Crippen molar-refractivity contribution in [3.8, 4) is 0 Å². The molecular weight excluding hydrogens is 460 g/mol. The number of hydrogen-bond donors (Lipinski definition) is 2. The van der Waals surface area contributed by atoms with Crippen LogP contribution in [-0.4, -0.2) is 31.1 Å². The molecule has 0 spiro atoms. The smallest absolute Gasteiger partial charge is 0.322 e. The van der Waals surface area contributed by atoms with Gasteiger partial charge >= 0.3 is 5.97 Å². The minimum Gasteiger partial charge on any atom is -0.465 e. The molecule has 0 aliphatic rings. The molecule has 220 valence electrons. The molecule has 0 aromatic carbocycles. The molecule has 1 amide bonds. The van der Waals surface area contributed by atoms with Gasteiger partial charge in [-0.15, -0.1) is 0 Å². The van der Waals surface area contributed by atoms with Crippen molar-refractivity contribution in [2.45, 2.75) is 180 Å². The molecule has 37 heavy (non-hydrogen) atoms. The van der Waals surface area contributed by atoms with E-state index in [-0.39, 0.29) is 11.9 Å². The van der Waals surface area contributed by atoms with Crippen molar-refractivity contribution in [2.24, 2.45) is 5.73 Å². The molecule has 0 aromatic heterocycles. The lowest BCUT2D eigenvalue weighted by atomic mass is 10.1. The van der Waals surface area contributed by atoms with Gasteiger partial charge in [0.2, 0.25) is 5.91 Å². The molecule has 0 aromatic rings. The first kappa shape index (κ1) is 35.9. The molecule has 1 unspecified atom stereocenters. The van der Waals surface area contributed by atoms with Gasteiger partial charge < -0.3 is 15.8 Å². The lowest BCUT2D eigenvalue weighted by Gasteiger charge is -2.12. The first-order chi connectivity index (χ1) is 18.1. The van der Waals surface area contributed by atoms with E-state index in [2.05, 4.69) is 19.2 Å². The minimum absolute atomic E-state index is 0.147. The number of esters is 1. The van der Waals surface area contributed by atoms with Crippen LogP contribution in [0.25, 0.3) is 0 Å². The first-order valence-corrected chi connectivity index (χ1v) is 16.3. The number of nitrogens with two attached hydrogens (primary N) is 1. The summed E-state index contributed by atoms with van der Waals surface area (Å²) in [5, 5.41) is 2.99. The fourth-order valence-electron chi connectivity index (χ4n) is 4.74. The SMILES string of the molecule is CCCCCCCCCCCCCCOC(=O)C(N)CCCCNC(=O)CCCCCCCCCCC. The summed E-state index contributed by atoms with van der Waals surface area (Å²) in [6.07, 6.45) is 29.8. The Labute approximate surface area is 230 Å². The monoisotopic (exact) mass is 524 g/mol. The van der Waals surface area contributed by atoms with Crippen molar-refractivity contribution in [1.82, 2.24) is 5.32 Å². The van der Waals surface area contributed by atoms with E-state index in [0.717, 1.165) is 38.5 Å². The predicted molar refractivity (Wildman–Crippen MR) is 159 cm³/mol. The van der Waals surface area contributed by atoms with Crippen LogP contribution in [0.3, 0.4) is 0 Å². The molecule has 0 bridgehead atoms. The van der Waals surface area contributed by atoms with Gasteiger partial charge in [-0.25, -0.2) is 0 Å². The van der Waals surface area contributed by atoms with E-state index in [0.29, 0.717) is 26.0 Å². The molecule has 0 aliphatic heterocycles. The third-order valence-electron chi connectivity index (χ3n) is 7.32. The van der Waals surface area contributed by atoms with Crippen LogP contribution in [0.2, 0.25) is 0 Å². The molecule has 0 radical (unpaired) electrons. The van der Waals surface area contributed by atoms with E-state index < -0.39 is 6.04 Å². The average Bonchev–Trinajstić information content (AvgIpc) is 2.89. The summed E-state index contributed by atoms with van der Waals surface area (Å²) in [5.41, 5.74) is 5.98. The fraction of sp³-hybridized carbons (Fsp3) is 0.938. The molecule has 1 atom stereocenters. The van der Waals surface area contributed by atoms with Crippen LogP contribution in [0.15, 0.2) is 0 Å². The zero-order valence-corrected chi connectivity index (χ0v) is 25.0. The summed E-state index contributed by atoms with van der Waals surface area (Å²) >= 11 is 0. The molecule has 0 aliphatic carbocycles. The Morgan fingerprint density at radius 2 is 1.03 bits per heavy atom. The Bertz CT molecular complexity index is 498. The van der Waals surface area contributed by atoms with Gasteiger partial charge in [0.25, 0.3) is 0 Å². The molecular formula is C32H64N2O3. The standard InChI is InChI=1S/C32H64N2O3/c1-3-5-7-9-11-13-14-15-17-19-21-25-29-37-32(36)30(33)26-23-24-28-34-31(35)27-22-20-18-16-12-10-8-6-4-2/h30H,3-29,33H2,1-2H3,(H,34,35). The maximum Gasteiger partial charge on any atom is 0.322 e. The molecule has 0 saturated heterocycles. The van der Waals surface area contributed by atoms with Gasteiger partial charge in [-0.2, -0.15) is 0 Å². The molecule has 0 saturated carbocycles. The normalized spacial score (nSPS) is 12.0. The summed E-state index contributed by atoms with van der Waals surface area (Å²) in [4.78, 5) is 24.0. The highest BCUT2D eigenvalue weighted by Gasteiger charge is 2.14. The topological polar surface area (TPSA) is 81.4 Å². The zero-order valence-electron chi connectivity index (χ0n) is 25.0. The summed E-state index contributed by atoms with van der Waals surface area (Å²) in [7, 11) is 0. The van der Waals surface area contributed by atoms with Gasteiger partial charge in [-0.3, -0.25) is 9.59 Å². The molecule has 3 N–H and O–H groups in total. The largest absolute Gasteiger partial charge is 0.465 e. The van der Waals surface area contributed by atoms with Crippen LogP contribution in [0.1, 0.15) is 174 Å². The number of amides is 1. The van der Waals surface area contributed by atoms with Crippen molar-refractivity contribution >= 4 is 11.9 Å². The third-order valence-corrected chi connectivity index (χ3v) is 7.32. The number of rotatable bonds is 29. The van der Waals surface area contributed by atoms with Gasteiger partial charge in [0.15, 0.2) is 0 Å². The highest BCUT2D eigenvalue weighted by atomic mass is 16.5. The Morgan fingerprint density at radius 3 is 1.51 bits per heavy atom. The van der Waals surface area contributed by atoms with Crippen LogP contribution in [-0.2, 0) is 14.3 Å². The predicted octanol–water partition coefficient (Wildman–Crippen LogP) is 8.77. The Hall–Kier alpha value is -1.10. The van der Waals surface area contributed by atoms with Crippen molar-refractivity contribution < 1.29 is 14.3 Å². The van der Waals surface area contributed by atoms with Crippen molar-refractivity contribution in [1.29, 1.82) is 0 Å². The van der Waals surface area contributed by atoms with Gasteiger partial charge in [-0.1, -0.05) is 136 Å². The van der Waals surface area contributed by atoms with Gasteiger partial charge in [0, 0.05) is 13.0 Å². The number of nitrogens with one attached hydrogen (secondary N) is 1. The van der Waals surface area contributed by atoms with Crippen LogP contribution >= 0.6 is 0 Å². The second-order valence-electron chi connectivity index (χ2n) is 11.1. The maximum absolute atomic E-state index is 12.1. The van der Waals surface area contributed by atoms with Crippen LogP contribution in [0.5, 0.6) is 0 Å². The van der Waals surface area contributed by atoms with E-state index >= 15 is 0 Å². The summed E-state index contributed by atoms with van der Waals surface area (Å²) in [5.74, 6) is -0.133. The molecule has 0 heterocycles. The van der Waals surface area contributed by atoms with E-state index in [1.807, 2.05) is 0 Å². The third kappa shape index (κ3) is 27.7. The number of hydrogen-bond acceptors (Lipinski definition) is 4. The van der Waals surface area contributed by atoms with Crippen molar-refractivity contribution in [3.63, 3.8) is 0 Å². The zero-order chi connectivity index (χ0) is 27.2.